The Morgan fingerprint density at radius 2 is 2.31 bits per heavy atom. The lowest BCUT2D eigenvalue weighted by Gasteiger charge is -2.03. The Kier molecular flexibility index (Phi) is 2.17. The zero-order valence-corrected chi connectivity index (χ0v) is 9.13. The summed E-state index contributed by atoms with van der Waals surface area (Å²) in [4.78, 5) is 0. The molecular formula is C8H6BrClN2O. The average molecular weight is 262 g/mol. The number of ether oxygens (including phenoxy) is 1. The van der Waals surface area contributed by atoms with Gasteiger partial charge in [0, 0.05) is 0 Å². The molecule has 68 valence electrons. The summed E-state index contributed by atoms with van der Waals surface area (Å²) in [7, 11) is 1.61. The minimum absolute atomic E-state index is 0.557. The normalized spacial score (nSPS) is 10.7. The van der Waals surface area contributed by atoms with Crippen molar-refractivity contribution in [2.24, 2.45) is 0 Å². The number of hydrogen-bond acceptors (Lipinski definition) is 2. The van der Waals surface area contributed by atoms with Crippen LogP contribution in [0.1, 0.15) is 0 Å². The third-order valence-corrected chi connectivity index (χ3v) is 2.62. The molecule has 0 unspecified atom stereocenters. The molecule has 0 aliphatic heterocycles. The quantitative estimate of drug-likeness (QED) is 0.738. The van der Waals surface area contributed by atoms with Crippen molar-refractivity contribution in [1.82, 2.24) is 9.61 Å². The van der Waals surface area contributed by atoms with E-state index in [0.29, 0.717) is 5.15 Å². The van der Waals surface area contributed by atoms with Gasteiger partial charge < -0.3 is 4.74 Å². The molecule has 0 aliphatic carbocycles. The zero-order chi connectivity index (χ0) is 9.42. The van der Waals surface area contributed by atoms with E-state index < -0.39 is 0 Å². The van der Waals surface area contributed by atoms with Crippen LogP contribution in [0.4, 0.5) is 0 Å². The Labute approximate surface area is 88.4 Å². The number of hydrogen-bond donors (Lipinski definition) is 0. The smallest absolute Gasteiger partial charge is 0.145 e. The van der Waals surface area contributed by atoms with Crippen LogP contribution in [0.25, 0.3) is 5.52 Å². The lowest BCUT2D eigenvalue weighted by molar-refractivity contribution is 0.417. The van der Waals surface area contributed by atoms with Crippen LogP contribution >= 0.6 is 27.5 Å². The second-order valence-corrected chi connectivity index (χ2v) is 3.72. The van der Waals surface area contributed by atoms with Crippen molar-refractivity contribution in [3.05, 3.63) is 28.0 Å². The van der Waals surface area contributed by atoms with Crippen molar-refractivity contribution in [3.8, 4) is 5.75 Å². The van der Waals surface area contributed by atoms with E-state index in [4.69, 9.17) is 16.3 Å². The summed E-state index contributed by atoms with van der Waals surface area (Å²) in [6.45, 7) is 0. The summed E-state index contributed by atoms with van der Waals surface area (Å²) in [5.41, 5.74) is 0.843. The first-order chi connectivity index (χ1) is 6.24. The Morgan fingerprint density at radius 1 is 1.54 bits per heavy atom. The molecule has 13 heavy (non-hydrogen) atoms. The van der Waals surface area contributed by atoms with Crippen LogP contribution in [0.3, 0.4) is 0 Å². The van der Waals surface area contributed by atoms with Gasteiger partial charge in [-0.25, -0.2) is 4.52 Å². The lowest BCUT2D eigenvalue weighted by Crippen LogP contribution is -1.92. The van der Waals surface area contributed by atoms with Gasteiger partial charge in [-0.15, -0.1) is 0 Å². The Balaban J connectivity index is 2.88. The van der Waals surface area contributed by atoms with Crippen molar-refractivity contribution in [2.75, 3.05) is 7.11 Å². The van der Waals surface area contributed by atoms with E-state index in [-0.39, 0.29) is 0 Å². The van der Waals surface area contributed by atoms with Crippen LogP contribution in [-0.4, -0.2) is 16.7 Å². The molecule has 2 rings (SSSR count). The van der Waals surface area contributed by atoms with Gasteiger partial charge in [-0.3, -0.25) is 0 Å². The van der Waals surface area contributed by atoms with Gasteiger partial charge in [0.05, 0.1) is 17.8 Å². The van der Waals surface area contributed by atoms with Crippen LogP contribution in [0.5, 0.6) is 5.75 Å². The highest BCUT2D eigenvalue weighted by molar-refractivity contribution is 9.10. The first kappa shape index (κ1) is 8.84. The number of halogens is 2. The summed E-state index contributed by atoms with van der Waals surface area (Å²) in [6, 6.07) is 3.55. The molecule has 0 radical (unpaired) electrons. The van der Waals surface area contributed by atoms with Crippen LogP contribution in [0.15, 0.2) is 22.8 Å². The molecule has 0 saturated heterocycles. The predicted octanol–water partition coefficient (Wildman–Crippen LogP) is 2.76. The highest BCUT2D eigenvalue weighted by Gasteiger charge is 2.09. The van der Waals surface area contributed by atoms with Crippen molar-refractivity contribution in [1.29, 1.82) is 0 Å². The molecule has 0 spiro atoms. The van der Waals surface area contributed by atoms with Gasteiger partial charge >= 0.3 is 0 Å². The van der Waals surface area contributed by atoms with E-state index in [9.17, 15) is 0 Å². The van der Waals surface area contributed by atoms with Crippen LogP contribution in [0, 0.1) is 0 Å². The number of pyridine rings is 1. The molecule has 0 amide bonds. The van der Waals surface area contributed by atoms with Crippen molar-refractivity contribution < 1.29 is 4.74 Å². The zero-order valence-electron chi connectivity index (χ0n) is 6.79. The summed E-state index contributed by atoms with van der Waals surface area (Å²) in [6.07, 6.45) is 1.68. The third kappa shape index (κ3) is 1.30. The van der Waals surface area contributed by atoms with Crippen LogP contribution in [0.2, 0.25) is 5.15 Å². The maximum Gasteiger partial charge on any atom is 0.145 e. The van der Waals surface area contributed by atoms with E-state index in [2.05, 4.69) is 21.0 Å². The summed E-state index contributed by atoms with van der Waals surface area (Å²) < 4.78 is 7.66. The maximum atomic E-state index is 5.92. The minimum atomic E-state index is 0.557. The first-order valence-corrected chi connectivity index (χ1v) is 4.77. The summed E-state index contributed by atoms with van der Waals surface area (Å²) in [5.74, 6) is 0.744. The highest BCUT2D eigenvalue weighted by atomic mass is 79.9. The number of fused-ring (bicyclic) bond motifs is 1. The van der Waals surface area contributed by atoms with Gasteiger partial charge in [0.2, 0.25) is 0 Å². The molecule has 2 aromatic rings. The van der Waals surface area contributed by atoms with E-state index in [0.717, 1.165) is 15.7 Å². The third-order valence-electron chi connectivity index (χ3n) is 1.75. The fourth-order valence-electron chi connectivity index (χ4n) is 1.17. The monoisotopic (exact) mass is 260 g/mol. The van der Waals surface area contributed by atoms with Crippen LogP contribution < -0.4 is 4.74 Å². The predicted molar refractivity (Wildman–Crippen MR) is 54.5 cm³/mol. The maximum absolute atomic E-state index is 5.92. The van der Waals surface area contributed by atoms with Gasteiger partial charge in [-0.2, -0.15) is 5.10 Å². The topological polar surface area (TPSA) is 26.5 Å². The highest BCUT2D eigenvalue weighted by Crippen LogP contribution is 2.29. The van der Waals surface area contributed by atoms with Crippen LogP contribution in [-0.2, 0) is 0 Å². The van der Waals surface area contributed by atoms with E-state index >= 15 is 0 Å². The fourth-order valence-corrected chi connectivity index (χ4v) is 1.82. The fraction of sp³-hybridized carbons (Fsp3) is 0.125. The largest absolute Gasteiger partial charge is 0.494 e. The number of aromatic nitrogens is 2. The molecule has 0 bridgehead atoms. The van der Waals surface area contributed by atoms with Crippen molar-refractivity contribution in [2.45, 2.75) is 0 Å². The molecule has 0 fully saturated rings. The second-order valence-electron chi connectivity index (χ2n) is 2.48. The molecule has 2 heterocycles. The first-order valence-electron chi connectivity index (χ1n) is 3.60. The van der Waals surface area contributed by atoms with E-state index in [1.54, 1.807) is 23.9 Å². The molecule has 0 atom stereocenters. The molecule has 0 N–H and O–H groups in total. The molecule has 0 saturated carbocycles. The molecule has 3 nitrogen and oxygen atoms in total. The van der Waals surface area contributed by atoms with Gasteiger partial charge in [0.25, 0.3) is 0 Å². The van der Waals surface area contributed by atoms with Gasteiger partial charge in [0.1, 0.15) is 16.4 Å². The number of rotatable bonds is 1. The standard InChI is InChI=1S/C8H6BrClN2O/c1-13-6-2-3-7(10)12-8(6)5(9)4-11-12/h2-4H,1H3. The summed E-state index contributed by atoms with van der Waals surface area (Å²) in [5, 5.41) is 4.64. The number of methoxy groups -OCH3 is 1. The second kappa shape index (κ2) is 3.20. The average Bonchev–Trinajstić information content (AvgIpc) is 2.51. The van der Waals surface area contributed by atoms with Crippen molar-refractivity contribution in [3.63, 3.8) is 0 Å². The molecular weight excluding hydrogens is 255 g/mol. The molecule has 0 aromatic carbocycles. The minimum Gasteiger partial charge on any atom is -0.494 e. The van der Waals surface area contributed by atoms with Crippen molar-refractivity contribution >= 4 is 33.0 Å². The van der Waals surface area contributed by atoms with Gasteiger partial charge in [0.15, 0.2) is 0 Å². The van der Waals surface area contributed by atoms with Gasteiger partial charge in [-0.1, -0.05) is 11.6 Å². The van der Waals surface area contributed by atoms with Gasteiger partial charge in [-0.05, 0) is 28.1 Å². The molecule has 2 aromatic heterocycles. The van der Waals surface area contributed by atoms with E-state index in [1.165, 1.54) is 0 Å². The van der Waals surface area contributed by atoms with E-state index in [1.807, 2.05) is 6.07 Å². The lowest BCUT2D eigenvalue weighted by atomic mass is 10.4. The number of nitrogens with zero attached hydrogens (tertiary/aromatic N) is 2. The SMILES string of the molecule is COc1ccc(Cl)n2ncc(Br)c12. The Hall–Kier alpha value is -0.740. The summed E-state index contributed by atoms with van der Waals surface area (Å²) >= 11 is 9.29. The molecule has 0 aliphatic rings. The Morgan fingerprint density at radius 3 is 3.00 bits per heavy atom. The molecule has 5 heteroatoms. The Bertz CT molecular complexity index is 455.